The summed E-state index contributed by atoms with van der Waals surface area (Å²) in [5.74, 6) is -0.706. The van der Waals surface area contributed by atoms with Crippen molar-refractivity contribution in [2.45, 2.75) is 32.4 Å². The molecule has 4 rings (SSSR count). The molecule has 0 bridgehead atoms. The summed E-state index contributed by atoms with van der Waals surface area (Å²) in [7, 11) is 1.32. The Kier molecular flexibility index (Phi) is 6.10. The Balaban J connectivity index is 1.78. The molecule has 0 N–H and O–H groups in total. The summed E-state index contributed by atoms with van der Waals surface area (Å²) in [6, 6.07) is 13.1. The van der Waals surface area contributed by atoms with Crippen LogP contribution in [-0.4, -0.2) is 43.1 Å². The molecule has 1 aromatic heterocycles. The predicted octanol–water partition coefficient (Wildman–Crippen LogP) is 3.94. The molecular formula is C25H25NO6. The number of carbonyl (C=O) groups excluding carboxylic acids is 2. The van der Waals surface area contributed by atoms with E-state index in [0.717, 1.165) is 5.56 Å². The molecule has 0 saturated heterocycles. The molecule has 0 radical (unpaired) electrons. The smallest absolute Gasteiger partial charge is 0.337 e. The van der Waals surface area contributed by atoms with Crippen LogP contribution in [0.15, 0.2) is 57.7 Å². The monoisotopic (exact) mass is 435 g/mol. The maximum absolute atomic E-state index is 13.4. The zero-order chi connectivity index (χ0) is 22.8. The summed E-state index contributed by atoms with van der Waals surface area (Å²) in [6.45, 7) is 4.80. The highest BCUT2D eigenvalue weighted by Crippen LogP contribution is 2.38. The number of rotatable bonds is 7. The quantitative estimate of drug-likeness (QED) is 0.413. The molecule has 0 saturated carbocycles. The second kappa shape index (κ2) is 8.96. The Labute approximate surface area is 185 Å². The summed E-state index contributed by atoms with van der Waals surface area (Å²) in [5.41, 5.74) is 1.59. The molecule has 32 heavy (non-hydrogen) atoms. The molecule has 0 aliphatic carbocycles. The van der Waals surface area contributed by atoms with E-state index in [1.807, 2.05) is 13.8 Å². The number of nitrogens with zero attached hydrogens (tertiary/aromatic N) is 1. The predicted molar refractivity (Wildman–Crippen MR) is 119 cm³/mol. The number of ether oxygens (including phenoxy) is 2. The molecule has 2 aromatic carbocycles. The fourth-order valence-electron chi connectivity index (χ4n) is 4.02. The van der Waals surface area contributed by atoms with Crippen LogP contribution in [0.5, 0.6) is 0 Å². The summed E-state index contributed by atoms with van der Waals surface area (Å²) in [4.78, 5) is 40.2. The van der Waals surface area contributed by atoms with Crippen LogP contribution in [0.2, 0.25) is 0 Å². The molecule has 2 heterocycles. The lowest BCUT2D eigenvalue weighted by Gasteiger charge is -2.25. The van der Waals surface area contributed by atoms with Crippen molar-refractivity contribution >= 4 is 22.8 Å². The molecule has 0 spiro atoms. The zero-order valence-corrected chi connectivity index (χ0v) is 18.3. The van der Waals surface area contributed by atoms with Crippen molar-refractivity contribution in [1.82, 2.24) is 4.90 Å². The Morgan fingerprint density at radius 1 is 1.09 bits per heavy atom. The van der Waals surface area contributed by atoms with E-state index in [4.69, 9.17) is 13.9 Å². The van der Waals surface area contributed by atoms with Crippen molar-refractivity contribution < 1.29 is 23.5 Å². The summed E-state index contributed by atoms with van der Waals surface area (Å²) >= 11 is 0. The number of amides is 1. The van der Waals surface area contributed by atoms with Gasteiger partial charge in [-0.25, -0.2) is 4.79 Å². The Morgan fingerprint density at radius 2 is 1.81 bits per heavy atom. The van der Waals surface area contributed by atoms with E-state index in [1.54, 1.807) is 53.4 Å². The standard InChI is InChI=1S/C25H25NO6/c1-15(2)31-14-6-13-26-21(16-9-11-17(12-10-16)25(29)30-3)20-22(27)18-7-4-5-8-19(18)32-23(20)24(26)28/h4-5,7-12,15,21H,6,13-14H2,1-3H3/t21-/m1/s1. The van der Waals surface area contributed by atoms with Gasteiger partial charge in [-0.2, -0.15) is 0 Å². The minimum atomic E-state index is -0.607. The van der Waals surface area contributed by atoms with Crippen LogP contribution in [0, 0.1) is 0 Å². The van der Waals surface area contributed by atoms with E-state index in [-0.39, 0.29) is 23.2 Å². The molecule has 1 atom stereocenters. The van der Waals surface area contributed by atoms with Crippen LogP contribution in [0.4, 0.5) is 0 Å². The second-order valence-corrected chi connectivity index (χ2v) is 7.96. The highest BCUT2D eigenvalue weighted by molar-refractivity contribution is 5.99. The maximum atomic E-state index is 13.4. The van der Waals surface area contributed by atoms with Gasteiger partial charge in [-0.1, -0.05) is 24.3 Å². The van der Waals surface area contributed by atoms with Gasteiger partial charge in [0.1, 0.15) is 5.58 Å². The SMILES string of the molecule is COC(=O)c1ccc([C@@H]2c3c(oc4ccccc4c3=O)C(=O)N2CCCOC(C)C)cc1. The lowest BCUT2D eigenvalue weighted by Crippen LogP contribution is -2.31. The third-order valence-corrected chi connectivity index (χ3v) is 5.52. The minimum Gasteiger partial charge on any atom is -0.465 e. The van der Waals surface area contributed by atoms with Gasteiger partial charge >= 0.3 is 5.97 Å². The van der Waals surface area contributed by atoms with Crippen molar-refractivity contribution in [3.05, 3.63) is 81.2 Å². The number of fused-ring (bicyclic) bond motifs is 2. The molecule has 1 aliphatic rings. The normalized spacial score (nSPS) is 15.4. The second-order valence-electron chi connectivity index (χ2n) is 7.96. The van der Waals surface area contributed by atoms with Crippen LogP contribution in [0.1, 0.15) is 58.3 Å². The minimum absolute atomic E-state index is 0.0699. The van der Waals surface area contributed by atoms with Gasteiger partial charge in [0.15, 0.2) is 5.43 Å². The first kappa shape index (κ1) is 21.8. The van der Waals surface area contributed by atoms with Crippen LogP contribution >= 0.6 is 0 Å². The van der Waals surface area contributed by atoms with Gasteiger partial charge in [0.05, 0.1) is 35.8 Å². The van der Waals surface area contributed by atoms with Crippen molar-refractivity contribution in [2.75, 3.05) is 20.3 Å². The fourth-order valence-corrected chi connectivity index (χ4v) is 4.02. The number of para-hydroxylation sites is 1. The Hall–Kier alpha value is -3.45. The average molecular weight is 435 g/mol. The topological polar surface area (TPSA) is 86.0 Å². The van der Waals surface area contributed by atoms with Crippen LogP contribution in [-0.2, 0) is 9.47 Å². The van der Waals surface area contributed by atoms with Gasteiger partial charge in [0.2, 0.25) is 5.76 Å². The number of esters is 1. The van der Waals surface area contributed by atoms with E-state index >= 15 is 0 Å². The molecule has 3 aromatic rings. The highest BCUT2D eigenvalue weighted by atomic mass is 16.5. The van der Waals surface area contributed by atoms with E-state index in [9.17, 15) is 14.4 Å². The van der Waals surface area contributed by atoms with Crippen LogP contribution in [0.25, 0.3) is 11.0 Å². The molecule has 0 unspecified atom stereocenters. The Morgan fingerprint density at radius 3 is 2.50 bits per heavy atom. The number of benzene rings is 2. The van der Waals surface area contributed by atoms with Gasteiger partial charge in [0, 0.05) is 13.2 Å². The zero-order valence-electron chi connectivity index (χ0n) is 18.3. The summed E-state index contributed by atoms with van der Waals surface area (Å²) in [6.07, 6.45) is 0.708. The number of methoxy groups -OCH3 is 1. The van der Waals surface area contributed by atoms with E-state index in [1.165, 1.54) is 7.11 Å². The van der Waals surface area contributed by atoms with Gasteiger partial charge < -0.3 is 18.8 Å². The van der Waals surface area contributed by atoms with Crippen molar-refractivity contribution in [1.29, 1.82) is 0 Å². The van der Waals surface area contributed by atoms with E-state index in [2.05, 4.69) is 0 Å². The molecular weight excluding hydrogens is 410 g/mol. The molecule has 7 heteroatoms. The number of hydrogen-bond acceptors (Lipinski definition) is 6. The first-order valence-electron chi connectivity index (χ1n) is 10.6. The van der Waals surface area contributed by atoms with Crippen molar-refractivity contribution in [3.8, 4) is 0 Å². The molecule has 7 nitrogen and oxygen atoms in total. The lowest BCUT2D eigenvalue weighted by atomic mass is 9.97. The van der Waals surface area contributed by atoms with Crippen LogP contribution < -0.4 is 5.43 Å². The van der Waals surface area contributed by atoms with E-state index < -0.39 is 12.0 Å². The van der Waals surface area contributed by atoms with Gasteiger partial charge in [-0.15, -0.1) is 0 Å². The fraction of sp³-hybridized carbons (Fsp3) is 0.320. The van der Waals surface area contributed by atoms with Crippen molar-refractivity contribution in [3.63, 3.8) is 0 Å². The van der Waals surface area contributed by atoms with Gasteiger partial charge in [0.25, 0.3) is 5.91 Å². The van der Waals surface area contributed by atoms with Crippen molar-refractivity contribution in [2.24, 2.45) is 0 Å². The van der Waals surface area contributed by atoms with Gasteiger partial charge in [-0.3, -0.25) is 9.59 Å². The molecule has 166 valence electrons. The third-order valence-electron chi connectivity index (χ3n) is 5.52. The van der Waals surface area contributed by atoms with E-state index in [0.29, 0.717) is 41.7 Å². The van der Waals surface area contributed by atoms with Crippen LogP contribution in [0.3, 0.4) is 0 Å². The lowest BCUT2D eigenvalue weighted by molar-refractivity contribution is 0.0585. The highest BCUT2D eigenvalue weighted by Gasteiger charge is 2.42. The first-order chi connectivity index (χ1) is 15.4. The Bertz CT molecular complexity index is 1210. The average Bonchev–Trinajstić information content (AvgIpc) is 3.08. The molecule has 0 fully saturated rings. The molecule has 1 aliphatic heterocycles. The summed E-state index contributed by atoms with van der Waals surface area (Å²) in [5, 5.41) is 0.431. The number of carbonyl (C=O) groups is 2. The third kappa shape index (κ3) is 3.91. The number of hydrogen-bond donors (Lipinski definition) is 0. The molecule has 1 amide bonds. The first-order valence-corrected chi connectivity index (χ1v) is 10.6. The maximum Gasteiger partial charge on any atom is 0.337 e. The largest absolute Gasteiger partial charge is 0.465 e. The van der Waals surface area contributed by atoms with Gasteiger partial charge in [-0.05, 0) is 50.1 Å². The summed E-state index contributed by atoms with van der Waals surface area (Å²) < 4.78 is 16.3.